The molecule has 7 nitrogen and oxygen atoms in total. The van der Waals surface area contributed by atoms with Crippen molar-refractivity contribution in [2.75, 3.05) is 46.4 Å². The van der Waals surface area contributed by atoms with E-state index in [1.165, 1.54) is 11.4 Å². The number of piperazine rings is 1. The Balaban J connectivity index is 1.92. The summed E-state index contributed by atoms with van der Waals surface area (Å²) in [7, 11) is -1.96. The van der Waals surface area contributed by atoms with E-state index in [2.05, 4.69) is 11.9 Å². The number of nitrogens with zero attached hydrogens (tertiary/aromatic N) is 1. The Morgan fingerprint density at radius 1 is 1.33 bits per heavy atom. The zero-order valence-corrected chi connectivity index (χ0v) is 14.6. The number of sulfonamides is 1. The number of nitrogens with one attached hydrogen (secondary N) is 2. The van der Waals surface area contributed by atoms with E-state index in [9.17, 15) is 13.2 Å². The summed E-state index contributed by atoms with van der Waals surface area (Å²) in [6, 6.07) is 6.38. The molecule has 1 aromatic rings. The van der Waals surface area contributed by atoms with Crippen molar-refractivity contribution in [3.63, 3.8) is 0 Å². The molecule has 1 heterocycles. The Morgan fingerprint density at radius 2 is 1.96 bits per heavy atom. The van der Waals surface area contributed by atoms with Crippen molar-refractivity contribution in [3.05, 3.63) is 36.9 Å². The van der Waals surface area contributed by atoms with Crippen LogP contribution in [0.3, 0.4) is 0 Å². The lowest BCUT2D eigenvalue weighted by molar-refractivity contribution is -0.895. The highest BCUT2D eigenvalue weighted by Gasteiger charge is 2.31. The van der Waals surface area contributed by atoms with Gasteiger partial charge in [0, 0.05) is 6.54 Å². The number of hydrogen-bond donors (Lipinski definition) is 2. The topological polar surface area (TPSA) is 80.2 Å². The molecule has 8 heteroatoms. The minimum Gasteiger partial charge on any atom is -0.497 e. The molecule has 0 unspecified atom stereocenters. The van der Waals surface area contributed by atoms with Crippen molar-refractivity contribution in [3.8, 4) is 5.75 Å². The molecule has 1 saturated heterocycles. The number of methoxy groups -OCH3 is 1. The Labute approximate surface area is 142 Å². The lowest BCUT2D eigenvalue weighted by Gasteiger charge is -2.31. The average molecular weight is 354 g/mol. The van der Waals surface area contributed by atoms with Crippen LogP contribution in [-0.2, 0) is 14.8 Å². The summed E-state index contributed by atoms with van der Waals surface area (Å²) < 4.78 is 31.8. The first-order chi connectivity index (χ1) is 11.5. The fraction of sp³-hybridized carbons (Fsp3) is 0.438. The third-order valence-corrected chi connectivity index (χ3v) is 5.89. The average Bonchev–Trinajstić information content (AvgIpc) is 2.60. The Morgan fingerprint density at radius 3 is 2.50 bits per heavy atom. The molecule has 0 aliphatic carbocycles. The Kier molecular flexibility index (Phi) is 6.36. The van der Waals surface area contributed by atoms with Crippen LogP contribution >= 0.6 is 0 Å². The zero-order valence-electron chi connectivity index (χ0n) is 13.8. The lowest BCUT2D eigenvalue weighted by Crippen LogP contribution is -3.15. The molecule has 0 saturated carbocycles. The number of amides is 1. The summed E-state index contributed by atoms with van der Waals surface area (Å²) in [5.41, 5.74) is 0. The monoisotopic (exact) mass is 354 g/mol. The van der Waals surface area contributed by atoms with Gasteiger partial charge in [-0.05, 0) is 24.3 Å². The van der Waals surface area contributed by atoms with Gasteiger partial charge in [0.05, 0.1) is 38.2 Å². The number of quaternary nitrogens is 1. The van der Waals surface area contributed by atoms with Crippen LogP contribution in [-0.4, -0.2) is 65.0 Å². The largest absolute Gasteiger partial charge is 0.497 e. The van der Waals surface area contributed by atoms with Crippen LogP contribution in [0.1, 0.15) is 0 Å². The number of carbonyl (C=O) groups is 1. The quantitative estimate of drug-likeness (QED) is 0.609. The third kappa shape index (κ3) is 4.56. The minimum atomic E-state index is -3.50. The van der Waals surface area contributed by atoms with Crippen LogP contribution in [0.4, 0.5) is 0 Å². The van der Waals surface area contributed by atoms with Gasteiger partial charge in [-0.25, -0.2) is 8.42 Å². The van der Waals surface area contributed by atoms with Crippen LogP contribution in [0.15, 0.2) is 41.8 Å². The molecular formula is C16H24N3O4S+. The van der Waals surface area contributed by atoms with Crippen LogP contribution < -0.4 is 15.0 Å². The fourth-order valence-corrected chi connectivity index (χ4v) is 4.03. The molecule has 24 heavy (non-hydrogen) atoms. The molecule has 0 spiro atoms. The van der Waals surface area contributed by atoms with Gasteiger partial charge in [0.1, 0.15) is 5.75 Å². The highest BCUT2D eigenvalue weighted by atomic mass is 32.2. The van der Waals surface area contributed by atoms with Gasteiger partial charge in [-0.3, -0.25) is 4.79 Å². The van der Waals surface area contributed by atoms with Crippen LogP contribution in [0.2, 0.25) is 0 Å². The molecule has 2 N–H and O–H groups in total. The molecule has 1 aliphatic heterocycles. The second-order valence-corrected chi connectivity index (χ2v) is 7.54. The van der Waals surface area contributed by atoms with E-state index in [-0.39, 0.29) is 10.8 Å². The third-order valence-electron chi connectivity index (χ3n) is 3.98. The minimum absolute atomic E-state index is 0.0450. The summed E-state index contributed by atoms with van der Waals surface area (Å²) in [6.45, 7) is 6.37. The van der Waals surface area contributed by atoms with Gasteiger partial charge in [-0.1, -0.05) is 6.08 Å². The van der Waals surface area contributed by atoms with E-state index in [0.29, 0.717) is 45.0 Å². The maximum atomic E-state index is 12.6. The molecule has 0 aromatic heterocycles. The summed E-state index contributed by atoms with van der Waals surface area (Å²) in [6.07, 6.45) is 1.63. The molecule has 1 fully saturated rings. The van der Waals surface area contributed by atoms with Crippen molar-refractivity contribution < 1.29 is 22.8 Å². The number of benzene rings is 1. The first-order valence-corrected chi connectivity index (χ1v) is 9.26. The number of carbonyl (C=O) groups excluding carboxylic acids is 1. The number of ether oxygens (including phenoxy) is 1. The van der Waals surface area contributed by atoms with Crippen molar-refractivity contribution in [1.82, 2.24) is 9.62 Å². The van der Waals surface area contributed by atoms with Crippen LogP contribution in [0.5, 0.6) is 5.75 Å². The smallest absolute Gasteiger partial charge is 0.275 e. The van der Waals surface area contributed by atoms with E-state index < -0.39 is 10.0 Å². The van der Waals surface area contributed by atoms with E-state index in [1.54, 1.807) is 30.3 Å². The molecule has 0 bridgehead atoms. The van der Waals surface area contributed by atoms with E-state index >= 15 is 0 Å². The summed E-state index contributed by atoms with van der Waals surface area (Å²) >= 11 is 0. The van der Waals surface area contributed by atoms with Crippen molar-refractivity contribution in [2.45, 2.75) is 4.90 Å². The zero-order chi connectivity index (χ0) is 17.6. The Hall–Kier alpha value is -1.90. The lowest BCUT2D eigenvalue weighted by atomic mass is 10.3. The van der Waals surface area contributed by atoms with E-state index in [0.717, 1.165) is 4.90 Å². The maximum Gasteiger partial charge on any atom is 0.275 e. The standard InChI is InChI=1S/C16H23N3O4S/c1-3-8-17-16(20)13-18-9-11-19(12-10-18)24(21,22)15-6-4-14(23-2)5-7-15/h3-7H,1,8-13H2,2H3,(H,17,20)/p+1. The summed E-state index contributed by atoms with van der Waals surface area (Å²) in [5, 5.41) is 2.74. The molecule has 1 amide bonds. The van der Waals surface area contributed by atoms with Gasteiger partial charge in [-0.2, -0.15) is 4.31 Å². The van der Waals surface area contributed by atoms with Crippen molar-refractivity contribution in [2.24, 2.45) is 0 Å². The predicted molar refractivity (Wildman–Crippen MR) is 90.5 cm³/mol. The molecule has 0 radical (unpaired) electrons. The van der Waals surface area contributed by atoms with Gasteiger partial charge in [0.15, 0.2) is 6.54 Å². The predicted octanol–water partition coefficient (Wildman–Crippen LogP) is -1.11. The first kappa shape index (κ1) is 18.4. The van der Waals surface area contributed by atoms with E-state index in [1.807, 2.05) is 0 Å². The molecule has 0 atom stereocenters. The van der Waals surface area contributed by atoms with Gasteiger partial charge in [0.25, 0.3) is 5.91 Å². The van der Waals surface area contributed by atoms with Crippen LogP contribution in [0.25, 0.3) is 0 Å². The molecule has 2 rings (SSSR count). The molecule has 1 aromatic carbocycles. The summed E-state index contributed by atoms with van der Waals surface area (Å²) in [4.78, 5) is 13.0. The molecule has 132 valence electrons. The second kappa shape index (κ2) is 8.27. The van der Waals surface area contributed by atoms with E-state index in [4.69, 9.17) is 4.74 Å². The Bertz CT molecular complexity index is 665. The van der Waals surface area contributed by atoms with Crippen LogP contribution in [0, 0.1) is 0 Å². The highest BCUT2D eigenvalue weighted by molar-refractivity contribution is 7.89. The normalized spacial score (nSPS) is 16.5. The van der Waals surface area contributed by atoms with Gasteiger partial charge in [-0.15, -0.1) is 6.58 Å². The summed E-state index contributed by atoms with van der Waals surface area (Å²) in [5.74, 6) is 0.574. The second-order valence-electron chi connectivity index (χ2n) is 5.60. The van der Waals surface area contributed by atoms with Gasteiger partial charge < -0.3 is 15.0 Å². The number of hydrogen-bond acceptors (Lipinski definition) is 4. The van der Waals surface area contributed by atoms with Gasteiger partial charge in [0.2, 0.25) is 10.0 Å². The van der Waals surface area contributed by atoms with Crippen molar-refractivity contribution in [1.29, 1.82) is 0 Å². The molecule has 1 aliphatic rings. The first-order valence-electron chi connectivity index (χ1n) is 7.82. The number of rotatable bonds is 7. The van der Waals surface area contributed by atoms with Crippen molar-refractivity contribution >= 4 is 15.9 Å². The maximum absolute atomic E-state index is 12.6. The highest BCUT2D eigenvalue weighted by Crippen LogP contribution is 2.19. The molecular weight excluding hydrogens is 330 g/mol. The van der Waals surface area contributed by atoms with Gasteiger partial charge >= 0.3 is 0 Å². The SMILES string of the molecule is C=CCNC(=O)C[NH+]1CCN(S(=O)(=O)c2ccc(OC)cc2)CC1. The fourth-order valence-electron chi connectivity index (χ4n) is 2.59.